The maximum absolute atomic E-state index is 14.2. The summed E-state index contributed by atoms with van der Waals surface area (Å²) in [5, 5.41) is 18.9. The molecule has 0 aliphatic carbocycles. The minimum Gasteiger partial charge on any atom is -0.492 e. The molecule has 71 heavy (non-hydrogen) atoms. The molecule has 8 aromatic carbocycles. The maximum Gasteiger partial charge on any atom is 0.326 e. The van der Waals surface area contributed by atoms with Gasteiger partial charge in [0, 0.05) is 61.9 Å². The molecule has 0 radical (unpaired) electrons. The monoisotopic (exact) mass is 943 g/mol. The molecule has 0 aliphatic rings. The van der Waals surface area contributed by atoms with Gasteiger partial charge in [0.1, 0.15) is 42.0 Å². The van der Waals surface area contributed by atoms with Gasteiger partial charge in [0.2, 0.25) is 0 Å². The van der Waals surface area contributed by atoms with Crippen LogP contribution in [-0.4, -0.2) is 52.2 Å². The number of aldehydes is 1. The zero-order valence-corrected chi connectivity index (χ0v) is 39.1. The molecule has 2 atom stereocenters. The van der Waals surface area contributed by atoms with Gasteiger partial charge in [-0.3, -0.25) is 9.59 Å². The van der Waals surface area contributed by atoms with Crippen LogP contribution in [0.4, 0.5) is 15.8 Å². The number of aromatic nitrogens is 1. The number of rotatable bonds is 20. The number of carboxylic acids is 1. The summed E-state index contributed by atoms with van der Waals surface area (Å²) in [4.78, 5) is 52.4. The number of para-hydroxylation sites is 3. The first-order valence-corrected chi connectivity index (χ1v) is 23.3. The quantitative estimate of drug-likeness (QED) is 0.0504. The SMILES string of the molecule is Cc1ccc(C(=O)c2ccc(Oc3ccc(CC(Nc4ccccc4C(=O)c4ccc(F)cc4)C(=O)O)cc3)cc2C)c(NC(C=O)Cc2ccc(OCCn3c4ccccc4c4ccccc43)cc2)c1. The number of nitrogens with zero attached hydrogens (tertiary/aromatic N) is 1. The van der Waals surface area contributed by atoms with Crippen molar-refractivity contribution in [1.29, 1.82) is 0 Å². The maximum atomic E-state index is 14.2. The Morgan fingerprint density at radius 1 is 0.606 bits per heavy atom. The molecule has 1 aromatic heterocycles. The van der Waals surface area contributed by atoms with Gasteiger partial charge < -0.3 is 34.6 Å². The van der Waals surface area contributed by atoms with Crippen molar-refractivity contribution in [1.82, 2.24) is 4.57 Å². The zero-order chi connectivity index (χ0) is 49.4. The Labute approximate surface area is 410 Å². The molecule has 9 rings (SSSR count). The average Bonchev–Trinajstić information content (AvgIpc) is 3.70. The average molecular weight is 944 g/mol. The van der Waals surface area contributed by atoms with E-state index < -0.39 is 23.9 Å². The summed E-state index contributed by atoms with van der Waals surface area (Å²) >= 11 is 0. The van der Waals surface area contributed by atoms with Gasteiger partial charge in [0.25, 0.3) is 0 Å². The van der Waals surface area contributed by atoms with Gasteiger partial charge >= 0.3 is 5.97 Å². The van der Waals surface area contributed by atoms with Gasteiger partial charge in [-0.15, -0.1) is 0 Å². The number of aryl methyl sites for hydroxylation is 2. The van der Waals surface area contributed by atoms with Crippen molar-refractivity contribution in [2.45, 2.75) is 45.3 Å². The fraction of sp³-hybridized carbons (Fsp3) is 0.133. The predicted octanol–water partition coefficient (Wildman–Crippen LogP) is 12.2. The Balaban J connectivity index is 0.808. The van der Waals surface area contributed by atoms with Crippen LogP contribution in [0.1, 0.15) is 54.1 Å². The van der Waals surface area contributed by atoms with E-state index in [-0.39, 0.29) is 29.1 Å². The van der Waals surface area contributed by atoms with Crippen molar-refractivity contribution in [2.24, 2.45) is 0 Å². The van der Waals surface area contributed by atoms with Crippen LogP contribution < -0.4 is 20.1 Å². The number of nitrogens with one attached hydrogen (secondary N) is 2. The molecule has 0 spiro atoms. The number of hydrogen-bond acceptors (Lipinski definition) is 8. The number of ether oxygens (including phenoxy) is 2. The van der Waals surface area contributed by atoms with Crippen LogP contribution in [0.2, 0.25) is 0 Å². The minimum absolute atomic E-state index is 0.100. The molecular weight excluding hydrogens is 894 g/mol. The van der Waals surface area contributed by atoms with Crippen molar-refractivity contribution >= 4 is 57.0 Å². The minimum atomic E-state index is -1.10. The number of fused-ring (bicyclic) bond motifs is 3. The van der Waals surface area contributed by atoms with Gasteiger partial charge in [0.05, 0.1) is 12.6 Å². The Hall–Kier alpha value is -8.83. The van der Waals surface area contributed by atoms with E-state index in [1.54, 1.807) is 72.8 Å². The van der Waals surface area contributed by atoms with Crippen LogP contribution in [0, 0.1) is 19.7 Å². The Kier molecular flexibility index (Phi) is 14.1. The van der Waals surface area contributed by atoms with Gasteiger partial charge in [-0.1, -0.05) is 78.9 Å². The normalized spacial score (nSPS) is 12.0. The molecule has 2 unspecified atom stereocenters. The van der Waals surface area contributed by atoms with Gasteiger partial charge in [-0.05, 0) is 146 Å². The lowest BCUT2D eigenvalue weighted by molar-refractivity contribution is -0.137. The van der Waals surface area contributed by atoms with E-state index in [4.69, 9.17) is 9.47 Å². The number of carboxylic acid groups (broad SMARTS) is 1. The number of benzene rings is 8. The number of carbonyl (C=O) groups excluding carboxylic acids is 3. The van der Waals surface area contributed by atoms with Crippen LogP contribution in [0.25, 0.3) is 21.8 Å². The van der Waals surface area contributed by atoms with Crippen molar-refractivity contribution in [2.75, 3.05) is 17.2 Å². The van der Waals surface area contributed by atoms with Crippen LogP contribution in [0.5, 0.6) is 17.2 Å². The second-order valence-electron chi connectivity index (χ2n) is 17.5. The highest BCUT2D eigenvalue weighted by molar-refractivity contribution is 6.14. The highest BCUT2D eigenvalue weighted by atomic mass is 19.1. The zero-order valence-electron chi connectivity index (χ0n) is 39.1. The highest BCUT2D eigenvalue weighted by Gasteiger charge is 2.23. The molecule has 0 saturated heterocycles. The number of hydrogen-bond donors (Lipinski definition) is 3. The number of carbonyl (C=O) groups is 4. The van der Waals surface area contributed by atoms with E-state index in [2.05, 4.69) is 63.7 Å². The molecule has 0 bridgehead atoms. The third-order valence-corrected chi connectivity index (χ3v) is 12.5. The first-order valence-electron chi connectivity index (χ1n) is 23.3. The third-order valence-electron chi connectivity index (χ3n) is 12.5. The van der Waals surface area contributed by atoms with E-state index in [1.165, 1.54) is 46.1 Å². The summed E-state index contributed by atoms with van der Waals surface area (Å²) in [5.41, 5.74) is 7.95. The summed E-state index contributed by atoms with van der Waals surface area (Å²) in [6.07, 6.45) is 1.36. The molecule has 3 N–H and O–H groups in total. The first kappa shape index (κ1) is 47.2. The number of halogens is 1. The predicted molar refractivity (Wildman–Crippen MR) is 276 cm³/mol. The highest BCUT2D eigenvalue weighted by Crippen LogP contribution is 2.31. The largest absolute Gasteiger partial charge is 0.492 e. The van der Waals surface area contributed by atoms with E-state index >= 15 is 0 Å². The lowest BCUT2D eigenvalue weighted by atomic mass is 9.96. The molecule has 1 heterocycles. The van der Waals surface area contributed by atoms with Gasteiger partial charge in [-0.2, -0.15) is 0 Å². The van der Waals surface area contributed by atoms with Crippen LogP contribution in [0.3, 0.4) is 0 Å². The molecule has 10 nitrogen and oxygen atoms in total. The molecule has 11 heteroatoms. The molecule has 9 aromatic rings. The molecule has 0 fully saturated rings. The first-order chi connectivity index (χ1) is 34.5. The lowest BCUT2D eigenvalue weighted by Crippen LogP contribution is -2.32. The topological polar surface area (TPSA) is 136 Å². The molecule has 0 saturated carbocycles. The molecule has 0 aliphatic heterocycles. The third kappa shape index (κ3) is 10.9. The smallest absolute Gasteiger partial charge is 0.326 e. The lowest BCUT2D eigenvalue weighted by Gasteiger charge is -2.19. The Morgan fingerprint density at radius 3 is 1.86 bits per heavy atom. The Morgan fingerprint density at radius 2 is 1.20 bits per heavy atom. The standard InChI is InChI=1S/C60H50FN3O7/c1-38-15-29-52(54(33-38)62-44(37-65)35-40-16-24-45(25-17-40)70-32-31-64-56-13-7-4-9-49(56)50-10-5-8-14-57(50)64)59(67)48-30-28-47(34-39(48)2)71-46-26-18-41(19-27-46)36-55(60(68)69)63-53-12-6-3-11-51(53)58(66)42-20-22-43(61)23-21-42/h3-30,33-34,37,44,55,62-63H,31-32,35-36H2,1-2H3,(H,68,69). The summed E-state index contributed by atoms with van der Waals surface area (Å²) in [6.45, 7) is 4.94. The van der Waals surface area contributed by atoms with Crippen molar-refractivity contribution < 1.29 is 38.1 Å². The molecular formula is C60H50FN3O7. The summed E-state index contributed by atoms with van der Waals surface area (Å²) in [5.74, 6) is -0.405. The molecule has 0 amide bonds. The number of aliphatic carboxylic acids is 1. The number of ketones is 2. The van der Waals surface area contributed by atoms with Crippen LogP contribution in [-0.2, 0) is 29.0 Å². The van der Waals surface area contributed by atoms with Crippen LogP contribution in [0.15, 0.2) is 182 Å². The second-order valence-corrected chi connectivity index (χ2v) is 17.5. The second kappa shape index (κ2) is 21.2. The molecule has 354 valence electrons. The van der Waals surface area contributed by atoms with E-state index in [9.17, 15) is 28.7 Å². The van der Waals surface area contributed by atoms with Crippen LogP contribution >= 0.6 is 0 Å². The Bertz CT molecular complexity index is 3350. The summed E-state index contributed by atoms with van der Waals surface area (Å²) in [6, 6.07) is 52.4. The summed E-state index contributed by atoms with van der Waals surface area (Å²) in [7, 11) is 0. The van der Waals surface area contributed by atoms with E-state index in [1.807, 2.05) is 50.2 Å². The van der Waals surface area contributed by atoms with Crippen molar-refractivity contribution in [3.63, 3.8) is 0 Å². The summed E-state index contributed by atoms with van der Waals surface area (Å²) < 4.78 is 28.1. The fourth-order valence-electron chi connectivity index (χ4n) is 8.90. The van der Waals surface area contributed by atoms with Gasteiger partial charge in [-0.25, -0.2) is 9.18 Å². The number of anilines is 2. The van der Waals surface area contributed by atoms with E-state index in [0.717, 1.165) is 23.2 Å². The van der Waals surface area contributed by atoms with Crippen molar-refractivity contribution in [3.8, 4) is 17.2 Å². The van der Waals surface area contributed by atoms with E-state index in [0.29, 0.717) is 64.7 Å². The fourth-order valence-corrected chi connectivity index (χ4v) is 8.90. The van der Waals surface area contributed by atoms with Gasteiger partial charge in [0.15, 0.2) is 11.6 Å². The van der Waals surface area contributed by atoms with Crippen molar-refractivity contribution in [3.05, 3.63) is 232 Å².